The van der Waals surface area contributed by atoms with Gasteiger partial charge in [0.25, 0.3) is 0 Å². The van der Waals surface area contributed by atoms with E-state index in [1.165, 1.54) is 22.3 Å². The monoisotopic (exact) mass is 245 g/mol. The molecule has 0 aliphatic carbocycles. The third-order valence-corrected chi connectivity index (χ3v) is 3.00. The molecule has 2 heteroatoms. The van der Waals surface area contributed by atoms with Crippen LogP contribution in [0.3, 0.4) is 0 Å². The lowest BCUT2D eigenvalue weighted by Gasteiger charge is -2.11. The van der Waals surface area contributed by atoms with E-state index in [1.54, 1.807) is 0 Å². The lowest BCUT2D eigenvalue weighted by Crippen LogP contribution is -2.06. The molecule has 88 valence electrons. The highest BCUT2D eigenvalue weighted by Gasteiger charge is 2.05. The van der Waals surface area contributed by atoms with Gasteiger partial charge in [-0.25, -0.2) is 0 Å². The summed E-state index contributed by atoms with van der Waals surface area (Å²) < 4.78 is 0. The second-order valence-electron chi connectivity index (χ2n) is 4.20. The van der Waals surface area contributed by atoms with Crippen molar-refractivity contribution in [1.29, 1.82) is 0 Å². The van der Waals surface area contributed by atoms with Crippen molar-refractivity contribution in [3.63, 3.8) is 0 Å². The Hall–Kier alpha value is -1.31. The highest BCUT2D eigenvalue weighted by atomic mass is 35.5. The molecule has 0 unspecified atom stereocenters. The van der Waals surface area contributed by atoms with Crippen LogP contribution in [0.2, 0.25) is 5.02 Å². The molecule has 2 aromatic rings. The van der Waals surface area contributed by atoms with Gasteiger partial charge in [-0.3, -0.25) is 0 Å². The van der Waals surface area contributed by atoms with Crippen molar-refractivity contribution in [2.75, 3.05) is 7.05 Å². The van der Waals surface area contributed by atoms with E-state index in [0.29, 0.717) is 0 Å². The van der Waals surface area contributed by atoms with Crippen molar-refractivity contribution < 1.29 is 0 Å². The number of hydrogen-bond donors (Lipinski definition) is 1. The normalized spacial score (nSPS) is 10.5. The molecular weight excluding hydrogens is 230 g/mol. The minimum atomic E-state index is 0.777. The van der Waals surface area contributed by atoms with Crippen LogP contribution < -0.4 is 5.32 Å². The largest absolute Gasteiger partial charge is 0.316 e. The molecule has 0 fully saturated rings. The van der Waals surface area contributed by atoms with Crippen LogP contribution in [0.1, 0.15) is 11.1 Å². The molecule has 2 aromatic carbocycles. The Bertz CT molecular complexity index is 520. The van der Waals surface area contributed by atoms with Crippen molar-refractivity contribution in [1.82, 2.24) is 5.32 Å². The van der Waals surface area contributed by atoms with Crippen molar-refractivity contribution in [3.05, 3.63) is 58.6 Å². The lowest BCUT2D eigenvalue weighted by atomic mass is 9.97. The summed E-state index contributed by atoms with van der Waals surface area (Å²) in [4.78, 5) is 0. The molecule has 1 N–H and O–H groups in total. The summed E-state index contributed by atoms with van der Waals surface area (Å²) in [6.45, 7) is 2.97. The first kappa shape index (κ1) is 12.2. The molecule has 17 heavy (non-hydrogen) atoms. The van der Waals surface area contributed by atoms with E-state index in [9.17, 15) is 0 Å². The molecule has 0 bridgehead atoms. The average Bonchev–Trinajstić information content (AvgIpc) is 2.32. The molecule has 0 amide bonds. The van der Waals surface area contributed by atoms with Crippen molar-refractivity contribution in [3.8, 4) is 11.1 Å². The zero-order valence-corrected chi connectivity index (χ0v) is 10.9. The maximum Gasteiger partial charge on any atom is 0.0412 e. The van der Waals surface area contributed by atoms with Gasteiger partial charge in [-0.1, -0.05) is 47.5 Å². The van der Waals surface area contributed by atoms with Gasteiger partial charge in [-0.2, -0.15) is 0 Å². The molecular formula is C15H16ClN. The van der Waals surface area contributed by atoms with Crippen LogP contribution in [0.4, 0.5) is 0 Å². The van der Waals surface area contributed by atoms with E-state index in [-0.39, 0.29) is 0 Å². The van der Waals surface area contributed by atoms with Crippen LogP contribution >= 0.6 is 11.6 Å². The van der Waals surface area contributed by atoms with Crippen molar-refractivity contribution >= 4 is 11.6 Å². The average molecular weight is 246 g/mol. The van der Waals surface area contributed by atoms with Gasteiger partial charge in [-0.15, -0.1) is 0 Å². The maximum atomic E-state index is 6.05. The molecule has 0 saturated carbocycles. The predicted molar refractivity (Wildman–Crippen MR) is 74.4 cm³/mol. The number of rotatable bonds is 3. The highest BCUT2D eigenvalue weighted by Crippen LogP contribution is 2.27. The Morgan fingerprint density at radius 2 is 1.94 bits per heavy atom. The minimum Gasteiger partial charge on any atom is -0.316 e. The topological polar surface area (TPSA) is 12.0 Å². The van der Waals surface area contributed by atoms with Crippen LogP contribution in [0.25, 0.3) is 11.1 Å². The molecule has 0 atom stereocenters. The molecule has 0 saturated heterocycles. The number of aryl methyl sites for hydroxylation is 1. The summed E-state index contributed by atoms with van der Waals surface area (Å²) in [6.07, 6.45) is 0. The summed E-state index contributed by atoms with van der Waals surface area (Å²) in [5.41, 5.74) is 4.98. The molecule has 0 spiro atoms. The second-order valence-corrected chi connectivity index (χ2v) is 4.64. The predicted octanol–water partition coefficient (Wildman–Crippen LogP) is 4.03. The van der Waals surface area contributed by atoms with Gasteiger partial charge in [-0.05, 0) is 42.8 Å². The summed E-state index contributed by atoms with van der Waals surface area (Å²) in [5.74, 6) is 0. The third-order valence-electron chi connectivity index (χ3n) is 2.77. The van der Waals surface area contributed by atoms with Gasteiger partial charge in [0.2, 0.25) is 0 Å². The Morgan fingerprint density at radius 3 is 2.65 bits per heavy atom. The van der Waals surface area contributed by atoms with Crippen molar-refractivity contribution in [2.24, 2.45) is 0 Å². The third kappa shape index (κ3) is 2.87. The first-order valence-electron chi connectivity index (χ1n) is 5.71. The molecule has 0 radical (unpaired) electrons. The standard InChI is InChI=1S/C15H16ClN/c1-11-6-7-13(10-17-2)15(8-11)12-4-3-5-14(16)9-12/h3-9,17H,10H2,1-2H3. The van der Waals surface area contributed by atoms with Gasteiger partial charge in [0.15, 0.2) is 0 Å². The Kier molecular flexibility index (Phi) is 3.82. The van der Waals surface area contributed by atoms with Gasteiger partial charge in [0.1, 0.15) is 0 Å². The number of nitrogens with one attached hydrogen (secondary N) is 1. The Morgan fingerprint density at radius 1 is 1.12 bits per heavy atom. The molecule has 0 aliphatic rings. The zero-order valence-electron chi connectivity index (χ0n) is 10.1. The van der Waals surface area contributed by atoms with Crippen molar-refractivity contribution in [2.45, 2.75) is 13.5 Å². The van der Waals surface area contributed by atoms with Crippen LogP contribution in [-0.4, -0.2) is 7.05 Å². The Balaban J connectivity index is 2.52. The fraction of sp³-hybridized carbons (Fsp3) is 0.200. The number of halogens is 1. The highest BCUT2D eigenvalue weighted by molar-refractivity contribution is 6.30. The van der Waals surface area contributed by atoms with Crippen LogP contribution in [0.15, 0.2) is 42.5 Å². The van der Waals surface area contributed by atoms with Crippen LogP contribution in [-0.2, 0) is 6.54 Å². The smallest absolute Gasteiger partial charge is 0.0412 e. The maximum absolute atomic E-state index is 6.05. The zero-order chi connectivity index (χ0) is 12.3. The lowest BCUT2D eigenvalue weighted by molar-refractivity contribution is 0.819. The molecule has 1 nitrogen and oxygen atoms in total. The summed E-state index contributed by atoms with van der Waals surface area (Å²) in [7, 11) is 1.96. The first-order valence-corrected chi connectivity index (χ1v) is 6.08. The molecule has 2 rings (SSSR count). The summed E-state index contributed by atoms with van der Waals surface area (Å²) in [6, 6.07) is 14.5. The van der Waals surface area contributed by atoms with Gasteiger partial charge < -0.3 is 5.32 Å². The van der Waals surface area contributed by atoms with E-state index in [1.807, 2.05) is 25.2 Å². The van der Waals surface area contributed by atoms with Gasteiger partial charge in [0.05, 0.1) is 0 Å². The Labute approximate surface area is 107 Å². The first-order chi connectivity index (χ1) is 8.20. The van der Waals surface area contributed by atoms with E-state index in [4.69, 9.17) is 11.6 Å². The van der Waals surface area contributed by atoms with E-state index < -0.39 is 0 Å². The van der Waals surface area contributed by atoms with E-state index in [2.05, 4.69) is 36.5 Å². The van der Waals surface area contributed by atoms with E-state index >= 15 is 0 Å². The fourth-order valence-corrected chi connectivity index (χ4v) is 2.15. The van der Waals surface area contributed by atoms with Gasteiger partial charge in [0, 0.05) is 11.6 Å². The number of benzene rings is 2. The van der Waals surface area contributed by atoms with Crippen LogP contribution in [0.5, 0.6) is 0 Å². The molecule has 0 heterocycles. The molecule has 0 aliphatic heterocycles. The van der Waals surface area contributed by atoms with Gasteiger partial charge >= 0.3 is 0 Å². The SMILES string of the molecule is CNCc1ccc(C)cc1-c1cccc(Cl)c1. The minimum absolute atomic E-state index is 0.777. The van der Waals surface area contributed by atoms with Crippen LogP contribution in [0, 0.1) is 6.92 Å². The molecule has 0 aromatic heterocycles. The summed E-state index contributed by atoms with van der Waals surface area (Å²) in [5, 5.41) is 3.97. The number of hydrogen-bond acceptors (Lipinski definition) is 1. The fourth-order valence-electron chi connectivity index (χ4n) is 1.96. The quantitative estimate of drug-likeness (QED) is 0.861. The van der Waals surface area contributed by atoms with E-state index in [0.717, 1.165) is 11.6 Å². The summed E-state index contributed by atoms with van der Waals surface area (Å²) >= 11 is 6.05. The second kappa shape index (κ2) is 5.35.